The van der Waals surface area contributed by atoms with Crippen LogP contribution in [0.25, 0.3) is 0 Å². The van der Waals surface area contributed by atoms with Gasteiger partial charge in [-0.1, -0.05) is 13.8 Å². The van der Waals surface area contributed by atoms with E-state index >= 15 is 0 Å². The minimum absolute atomic E-state index is 0.614. The molecule has 1 N–H and O–H groups in total. The van der Waals surface area contributed by atoms with E-state index in [1.54, 1.807) is 0 Å². The van der Waals surface area contributed by atoms with Crippen molar-refractivity contribution in [2.45, 2.75) is 59.0 Å². The Morgan fingerprint density at radius 1 is 1.27 bits per heavy atom. The first-order valence-corrected chi connectivity index (χ1v) is 6.62. The number of likely N-dealkylation sites (N-methyl/N-ethyl adjacent to an activating group) is 1. The van der Waals surface area contributed by atoms with E-state index in [9.17, 15) is 0 Å². The van der Waals surface area contributed by atoms with E-state index in [4.69, 9.17) is 0 Å². The summed E-state index contributed by atoms with van der Waals surface area (Å²) in [6, 6.07) is 1.29. The molecule has 3 atom stereocenters. The molecular weight excluding hydrogens is 184 g/mol. The van der Waals surface area contributed by atoms with E-state index in [1.165, 1.54) is 32.4 Å². The zero-order chi connectivity index (χ0) is 11.3. The van der Waals surface area contributed by atoms with Crippen LogP contribution >= 0.6 is 0 Å². The second kappa shape index (κ2) is 6.49. The molecule has 0 saturated carbocycles. The summed E-state index contributed by atoms with van der Waals surface area (Å²) in [5.41, 5.74) is 0. The number of hydrogen-bond acceptors (Lipinski definition) is 2. The van der Waals surface area contributed by atoms with Gasteiger partial charge in [0.15, 0.2) is 0 Å². The van der Waals surface area contributed by atoms with Crippen LogP contribution in [0.1, 0.15) is 47.0 Å². The van der Waals surface area contributed by atoms with E-state index < -0.39 is 0 Å². The number of hydrogen-bond donors (Lipinski definition) is 1. The first-order valence-electron chi connectivity index (χ1n) is 6.62. The summed E-state index contributed by atoms with van der Waals surface area (Å²) in [7, 11) is 0. The van der Waals surface area contributed by atoms with Crippen molar-refractivity contribution >= 4 is 0 Å². The van der Waals surface area contributed by atoms with Gasteiger partial charge in [-0.05, 0) is 58.7 Å². The average molecular weight is 212 g/mol. The van der Waals surface area contributed by atoms with Crippen LogP contribution in [0.15, 0.2) is 0 Å². The Morgan fingerprint density at radius 2 is 2.00 bits per heavy atom. The fourth-order valence-electron chi connectivity index (χ4n) is 2.50. The molecule has 15 heavy (non-hydrogen) atoms. The zero-order valence-electron chi connectivity index (χ0n) is 10.9. The van der Waals surface area contributed by atoms with Gasteiger partial charge in [0.05, 0.1) is 0 Å². The van der Waals surface area contributed by atoms with Crippen molar-refractivity contribution in [1.82, 2.24) is 10.2 Å². The van der Waals surface area contributed by atoms with Crippen LogP contribution in [0.5, 0.6) is 0 Å². The molecule has 3 unspecified atom stereocenters. The van der Waals surface area contributed by atoms with Crippen molar-refractivity contribution in [3.8, 4) is 0 Å². The summed E-state index contributed by atoms with van der Waals surface area (Å²) in [5.74, 6) is 0.927. The van der Waals surface area contributed by atoms with Gasteiger partial charge in [-0.15, -0.1) is 0 Å². The van der Waals surface area contributed by atoms with Gasteiger partial charge in [-0.2, -0.15) is 0 Å². The fourth-order valence-corrected chi connectivity index (χ4v) is 2.50. The fraction of sp³-hybridized carbons (Fsp3) is 1.00. The molecular formula is C13H28N2. The Balaban J connectivity index is 2.40. The largest absolute Gasteiger partial charge is 0.313 e. The van der Waals surface area contributed by atoms with Crippen LogP contribution in [-0.2, 0) is 0 Å². The maximum Gasteiger partial charge on any atom is 0.0218 e. The molecule has 0 aromatic carbocycles. The van der Waals surface area contributed by atoms with Gasteiger partial charge in [0.2, 0.25) is 0 Å². The van der Waals surface area contributed by atoms with Gasteiger partial charge in [0.25, 0.3) is 0 Å². The smallest absolute Gasteiger partial charge is 0.0218 e. The zero-order valence-corrected chi connectivity index (χ0v) is 10.9. The maximum absolute atomic E-state index is 3.53. The molecule has 1 fully saturated rings. The van der Waals surface area contributed by atoms with Crippen molar-refractivity contribution in [3.05, 3.63) is 0 Å². The van der Waals surface area contributed by atoms with E-state index in [0.717, 1.165) is 12.5 Å². The minimum atomic E-state index is 0.614. The molecule has 0 aliphatic carbocycles. The summed E-state index contributed by atoms with van der Waals surface area (Å²) in [5, 5.41) is 3.53. The molecule has 0 aromatic rings. The maximum atomic E-state index is 3.53. The predicted octanol–water partition coefficient (Wildman–Crippen LogP) is 2.49. The summed E-state index contributed by atoms with van der Waals surface area (Å²) in [4.78, 5) is 2.66. The summed E-state index contributed by atoms with van der Waals surface area (Å²) in [6.07, 6.45) is 4.17. The lowest BCUT2D eigenvalue weighted by molar-refractivity contribution is 0.180. The van der Waals surface area contributed by atoms with E-state index in [0.29, 0.717) is 12.1 Å². The van der Waals surface area contributed by atoms with Gasteiger partial charge < -0.3 is 5.32 Å². The molecule has 0 radical (unpaired) electrons. The number of nitrogens with zero attached hydrogens (tertiary/aromatic N) is 1. The lowest BCUT2D eigenvalue weighted by Gasteiger charge is -2.32. The van der Waals surface area contributed by atoms with Crippen molar-refractivity contribution in [1.29, 1.82) is 0 Å². The Labute approximate surface area is 95.4 Å². The number of rotatable bonds is 4. The van der Waals surface area contributed by atoms with Gasteiger partial charge in [-0.3, -0.25) is 4.90 Å². The van der Waals surface area contributed by atoms with E-state index in [1.807, 2.05) is 0 Å². The van der Waals surface area contributed by atoms with Crippen molar-refractivity contribution in [2.75, 3.05) is 19.6 Å². The van der Waals surface area contributed by atoms with Crippen molar-refractivity contribution in [3.63, 3.8) is 0 Å². The molecule has 0 amide bonds. The van der Waals surface area contributed by atoms with Crippen molar-refractivity contribution in [2.24, 2.45) is 5.92 Å². The molecule has 0 aromatic heterocycles. The van der Waals surface area contributed by atoms with Crippen LogP contribution in [0.2, 0.25) is 0 Å². The van der Waals surface area contributed by atoms with Gasteiger partial charge in [0.1, 0.15) is 0 Å². The van der Waals surface area contributed by atoms with Crippen LogP contribution < -0.4 is 5.32 Å². The first kappa shape index (κ1) is 13.0. The molecule has 1 aliphatic heterocycles. The van der Waals surface area contributed by atoms with Crippen LogP contribution in [0.3, 0.4) is 0 Å². The van der Waals surface area contributed by atoms with Crippen LogP contribution in [0.4, 0.5) is 0 Å². The topological polar surface area (TPSA) is 15.3 Å². The first-order chi connectivity index (χ1) is 7.15. The second-order valence-electron chi connectivity index (χ2n) is 5.16. The molecule has 0 bridgehead atoms. The molecule has 1 aliphatic rings. The summed E-state index contributed by atoms with van der Waals surface area (Å²) >= 11 is 0. The Morgan fingerprint density at radius 3 is 2.67 bits per heavy atom. The highest BCUT2D eigenvalue weighted by Crippen LogP contribution is 2.18. The molecule has 1 rings (SSSR count). The van der Waals surface area contributed by atoms with Crippen molar-refractivity contribution < 1.29 is 0 Å². The quantitative estimate of drug-likeness (QED) is 0.770. The predicted molar refractivity (Wildman–Crippen MR) is 67.2 cm³/mol. The molecule has 2 heteroatoms. The number of likely N-dealkylation sites (tertiary alicyclic amines) is 1. The highest BCUT2D eigenvalue weighted by atomic mass is 15.2. The van der Waals surface area contributed by atoms with Gasteiger partial charge in [0, 0.05) is 12.1 Å². The standard InChI is InChI=1S/C13H28N2/c1-5-14-12(3)13(4)15-9-6-7-11(2)8-10-15/h11-14H,5-10H2,1-4H3. The monoisotopic (exact) mass is 212 g/mol. The molecule has 0 spiro atoms. The second-order valence-corrected chi connectivity index (χ2v) is 5.16. The van der Waals surface area contributed by atoms with Crippen LogP contribution in [-0.4, -0.2) is 36.6 Å². The third-order valence-electron chi connectivity index (χ3n) is 3.88. The van der Waals surface area contributed by atoms with E-state index in [2.05, 4.69) is 37.9 Å². The van der Waals surface area contributed by atoms with Gasteiger partial charge >= 0.3 is 0 Å². The Kier molecular flexibility index (Phi) is 5.62. The number of nitrogens with one attached hydrogen (secondary N) is 1. The SMILES string of the molecule is CCNC(C)C(C)N1CCCC(C)CC1. The Hall–Kier alpha value is -0.0800. The van der Waals surface area contributed by atoms with Gasteiger partial charge in [-0.25, -0.2) is 0 Å². The lowest BCUT2D eigenvalue weighted by atomic mass is 10.0. The van der Waals surface area contributed by atoms with Crippen LogP contribution in [0, 0.1) is 5.92 Å². The average Bonchev–Trinajstić information content (AvgIpc) is 2.42. The third kappa shape index (κ3) is 4.12. The highest BCUT2D eigenvalue weighted by Gasteiger charge is 2.21. The highest BCUT2D eigenvalue weighted by molar-refractivity contribution is 4.79. The Bertz CT molecular complexity index is 170. The summed E-state index contributed by atoms with van der Waals surface area (Å²) in [6.45, 7) is 12.9. The van der Waals surface area contributed by atoms with E-state index in [-0.39, 0.29) is 0 Å². The molecule has 90 valence electrons. The molecule has 1 heterocycles. The normalized spacial score (nSPS) is 28.4. The minimum Gasteiger partial charge on any atom is -0.313 e. The molecule has 1 saturated heterocycles. The lowest BCUT2D eigenvalue weighted by Crippen LogP contribution is -2.47. The third-order valence-corrected chi connectivity index (χ3v) is 3.88. The molecule has 2 nitrogen and oxygen atoms in total. The summed E-state index contributed by atoms with van der Waals surface area (Å²) < 4.78 is 0.